The molecule has 0 aromatic heterocycles. The molecular formula is C9H22N2. The van der Waals surface area contributed by atoms with E-state index in [1.165, 1.54) is 0 Å². The van der Waals surface area contributed by atoms with Gasteiger partial charge in [0.15, 0.2) is 0 Å². The van der Waals surface area contributed by atoms with E-state index in [1.54, 1.807) is 0 Å². The summed E-state index contributed by atoms with van der Waals surface area (Å²) in [5.74, 6) is 0.654. The summed E-state index contributed by atoms with van der Waals surface area (Å²) < 4.78 is 0. The maximum atomic E-state index is 5.83. The fourth-order valence-corrected chi connectivity index (χ4v) is 1.26. The van der Waals surface area contributed by atoms with Crippen molar-refractivity contribution in [3.8, 4) is 0 Å². The SMILES string of the molecule is CC.CC1CC(N)C(C)CN1. The summed E-state index contributed by atoms with van der Waals surface area (Å²) in [4.78, 5) is 0. The summed E-state index contributed by atoms with van der Waals surface area (Å²) in [5, 5.41) is 3.38. The highest BCUT2D eigenvalue weighted by molar-refractivity contribution is 4.81. The predicted molar refractivity (Wildman–Crippen MR) is 50.6 cm³/mol. The highest BCUT2D eigenvalue weighted by Crippen LogP contribution is 2.11. The maximum Gasteiger partial charge on any atom is 0.00913 e. The number of rotatable bonds is 0. The molecule has 0 aromatic rings. The minimum atomic E-state index is 0.418. The Bertz CT molecular complexity index is 93.6. The van der Waals surface area contributed by atoms with Crippen molar-refractivity contribution >= 4 is 0 Å². The van der Waals surface area contributed by atoms with E-state index in [9.17, 15) is 0 Å². The molecule has 1 aliphatic heterocycles. The molecule has 3 unspecified atom stereocenters. The average Bonchev–Trinajstić information content (AvgIpc) is 2.02. The molecule has 0 radical (unpaired) electrons. The molecule has 2 nitrogen and oxygen atoms in total. The zero-order valence-corrected chi connectivity index (χ0v) is 8.22. The second-order valence-electron chi connectivity index (χ2n) is 3.19. The lowest BCUT2D eigenvalue weighted by Gasteiger charge is -2.30. The van der Waals surface area contributed by atoms with Gasteiger partial charge in [-0.2, -0.15) is 0 Å². The van der Waals surface area contributed by atoms with Gasteiger partial charge in [0.25, 0.3) is 0 Å². The Kier molecular flexibility index (Phi) is 5.51. The molecule has 0 aromatic carbocycles. The topological polar surface area (TPSA) is 38.0 Å². The van der Waals surface area contributed by atoms with Crippen LogP contribution in [-0.4, -0.2) is 18.6 Å². The van der Waals surface area contributed by atoms with Crippen molar-refractivity contribution < 1.29 is 0 Å². The lowest BCUT2D eigenvalue weighted by Crippen LogP contribution is -2.47. The molecule has 0 amide bonds. The Balaban J connectivity index is 0.000000461. The van der Waals surface area contributed by atoms with Crippen LogP contribution in [-0.2, 0) is 0 Å². The zero-order chi connectivity index (χ0) is 8.85. The fourth-order valence-electron chi connectivity index (χ4n) is 1.26. The molecule has 0 saturated carbocycles. The third-order valence-electron chi connectivity index (χ3n) is 2.14. The first-order valence-corrected chi connectivity index (χ1v) is 4.69. The summed E-state index contributed by atoms with van der Waals surface area (Å²) >= 11 is 0. The molecular weight excluding hydrogens is 136 g/mol. The van der Waals surface area contributed by atoms with Gasteiger partial charge in [-0.05, 0) is 25.8 Å². The molecule has 0 aliphatic carbocycles. The smallest absolute Gasteiger partial charge is 0.00913 e. The van der Waals surface area contributed by atoms with Gasteiger partial charge in [-0.15, -0.1) is 0 Å². The molecule has 0 spiro atoms. The van der Waals surface area contributed by atoms with Crippen LogP contribution in [0.15, 0.2) is 0 Å². The van der Waals surface area contributed by atoms with E-state index in [1.807, 2.05) is 13.8 Å². The van der Waals surface area contributed by atoms with E-state index in [0.29, 0.717) is 18.0 Å². The lowest BCUT2D eigenvalue weighted by molar-refractivity contribution is 0.298. The predicted octanol–water partition coefficient (Wildman–Crippen LogP) is 1.36. The third-order valence-corrected chi connectivity index (χ3v) is 2.14. The average molecular weight is 158 g/mol. The van der Waals surface area contributed by atoms with E-state index >= 15 is 0 Å². The van der Waals surface area contributed by atoms with Crippen molar-refractivity contribution in [2.75, 3.05) is 6.54 Å². The van der Waals surface area contributed by atoms with Crippen LogP contribution in [0, 0.1) is 5.92 Å². The van der Waals surface area contributed by atoms with Crippen molar-refractivity contribution in [2.24, 2.45) is 11.7 Å². The summed E-state index contributed by atoms with van der Waals surface area (Å²) in [6.45, 7) is 9.47. The molecule has 1 saturated heterocycles. The van der Waals surface area contributed by atoms with Crippen molar-refractivity contribution in [3.63, 3.8) is 0 Å². The van der Waals surface area contributed by atoms with Gasteiger partial charge in [0.2, 0.25) is 0 Å². The van der Waals surface area contributed by atoms with Crippen LogP contribution in [0.4, 0.5) is 0 Å². The van der Waals surface area contributed by atoms with E-state index in [-0.39, 0.29) is 0 Å². The number of hydrogen-bond acceptors (Lipinski definition) is 2. The van der Waals surface area contributed by atoms with E-state index in [0.717, 1.165) is 13.0 Å². The third kappa shape index (κ3) is 3.73. The lowest BCUT2D eigenvalue weighted by atomic mass is 9.92. The van der Waals surface area contributed by atoms with Crippen LogP contribution in [0.1, 0.15) is 34.1 Å². The summed E-state index contributed by atoms with van der Waals surface area (Å²) in [6.07, 6.45) is 1.13. The molecule has 2 heteroatoms. The molecule has 3 N–H and O–H groups in total. The van der Waals surface area contributed by atoms with Crippen molar-refractivity contribution in [1.29, 1.82) is 0 Å². The monoisotopic (exact) mass is 158 g/mol. The number of nitrogens with one attached hydrogen (secondary N) is 1. The minimum Gasteiger partial charge on any atom is -0.327 e. The van der Waals surface area contributed by atoms with E-state index < -0.39 is 0 Å². The first-order chi connectivity index (χ1) is 5.20. The standard InChI is InChI=1S/C7H16N2.C2H6/c1-5-4-9-6(2)3-7(5)8;1-2/h5-7,9H,3-4,8H2,1-2H3;1-2H3. The zero-order valence-electron chi connectivity index (χ0n) is 8.22. The molecule has 68 valence electrons. The van der Waals surface area contributed by atoms with E-state index in [2.05, 4.69) is 19.2 Å². The maximum absolute atomic E-state index is 5.83. The van der Waals surface area contributed by atoms with Gasteiger partial charge in [-0.25, -0.2) is 0 Å². The molecule has 3 atom stereocenters. The Morgan fingerprint density at radius 2 is 1.82 bits per heavy atom. The van der Waals surface area contributed by atoms with Gasteiger partial charge in [-0.3, -0.25) is 0 Å². The Morgan fingerprint density at radius 1 is 1.27 bits per heavy atom. The molecule has 1 aliphatic rings. The first kappa shape index (κ1) is 10.9. The van der Waals surface area contributed by atoms with Crippen LogP contribution in [0.2, 0.25) is 0 Å². The summed E-state index contributed by atoms with van der Waals surface area (Å²) in [5.41, 5.74) is 5.83. The van der Waals surface area contributed by atoms with Gasteiger partial charge < -0.3 is 11.1 Å². The van der Waals surface area contributed by atoms with Crippen LogP contribution in [0.5, 0.6) is 0 Å². The largest absolute Gasteiger partial charge is 0.327 e. The number of piperidine rings is 1. The van der Waals surface area contributed by atoms with Gasteiger partial charge >= 0.3 is 0 Å². The van der Waals surface area contributed by atoms with Crippen LogP contribution in [0.25, 0.3) is 0 Å². The first-order valence-electron chi connectivity index (χ1n) is 4.69. The van der Waals surface area contributed by atoms with Crippen LogP contribution < -0.4 is 11.1 Å². The van der Waals surface area contributed by atoms with Crippen molar-refractivity contribution in [3.05, 3.63) is 0 Å². The van der Waals surface area contributed by atoms with Crippen molar-refractivity contribution in [2.45, 2.75) is 46.2 Å². The van der Waals surface area contributed by atoms with Crippen LogP contribution in [0.3, 0.4) is 0 Å². The molecule has 1 heterocycles. The summed E-state index contributed by atoms with van der Waals surface area (Å²) in [6, 6.07) is 1.04. The quantitative estimate of drug-likeness (QED) is 0.558. The van der Waals surface area contributed by atoms with Gasteiger partial charge in [-0.1, -0.05) is 20.8 Å². The highest BCUT2D eigenvalue weighted by atomic mass is 14.9. The van der Waals surface area contributed by atoms with Gasteiger partial charge in [0.05, 0.1) is 0 Å². The molecule has 1 rings (SSSR count). The highest BCUT2D eigenvalue weighted by Gasteiger charge is 2.20. The molecule has 11 heavy (non-hydrogen) atoms. The second kappa shape index (κ2) is 5.56. The summed E-state index contributed by atoms with van der Waals surface area (Å²) in [7, 11) is 0. The molecule has 0 bridgehead atoms. The van der Waals surface area contributed by atoms with Gasteiger partial charge in [0.1, 0.15) is 0 Å². The number of hydrogen-bond donors (Lipinski definition) is 2. The fraction of sp³-hybridized carbons (Fsp3) is 1.00. The minimum absolute atomic E-state index is 0.418. The van der Waals surface area contributed by atoms with Crippen LogP contribution >= 0.6 is 0 Å². The Hall–Kier alpha value is -0.0800. The molecule has 1 fully saturated rings. The number of nitrogens with two attached hydrogens (primary N) is 1. The van der Waals surface area contributed by atoms with E-state index in [4.69, 9.17) is 5.73 Å². The normalized spacial score (nSPS) is 37.4. The van der Waals surface area contributed by atoms with Crippen molar-refractivity contribution in [1.82, 2.24) is 5.32 Å². The van der Waals surface area contributed by atoms with Gasteiger partial charge in [0, 0.05) is 12.1 Å². The Labute approximate surface area is 70.5 Å². The second-order valence-corrected chi connectivity index (χ2v) is 3.19. The Morgan fingerprint density at radius 3 is 2.18 bits per heavy atom.